The van der Waals surface area contributed by atoms with Gasteiger partial charge in [-0.3, -0.25) is 14.6 Å². The molecule has 3 heterocycles. The van der Waals surface area contributed by atoms with E-state index in [9.17, 15) is 4.79 Å². The molecular formula is C20H29N3O4. The van der Waals surface area contributed by atoms with Gasteiger partial charge in [0.2, 0.25) is 5.91 Å². The van der Waals surface area contributed by atoms with E-state index in [4.69, 9.17) is 14.2 Å². The molecule has 1 aromatic rings. The average Bonchev–Trinajstić information content (AvgIpc) is 2.92. The second-order valence-electron chi connectivity index (χ2n) is 7.54. The Morgan fingerprint density at radius 3 is 2.81 bits per heavy atom. The highest BCUT2D eigenvalue weighted by Crippen LogP contribution is 2.22. The van der Waals surface area contributed by atoms with Crippen molar-refractivity contribution in [1.29, 1.82) is 0 Å². The normalized spacial score (nSPS) is 27.0. The van der Waals surface area contributed by atoms with Gasteiger partial charge in [0.25, 0.3) is 0 Å². The predicted molar refractivity (Wildman–Crippen MR) is 101 cm³/mol. The van der Waals surface area contributed by atoms with E-state index in [2.05, 4.69) is 27.2 Å². The number of hydrogen-bond donors (Lipinski definition) is 1. The molecule has 27 heavy (non-hydrogen) atoms. The summed E-state index contributed by atoms with van der Waals surface area (Å²) in [4.78, 5) is 16.9. The Hall–Kier alpha value is -1.67. The quantitative estimate of drug-likeness (QED) is 0.774. The van der Waals surface area contributed by atoms with Crippen LogP contribution in [0.3, 0.4) is 0 Å². The van der Waals surface area contributed by atoms with Crippen LogP contribution in [-0.2, 0) is 20.8 Å². The number of ether oxygens (including phenoxy) is 3. The van der Waals surface area contributed by atoms with Crippen LogP contribution >= 0.6 is 0 Å². The maximum Gasteiger partial charge on any atom is 0.227 e. The van der Waals surface area contributed by atoms with Crippen molar-refractivity contribution in [1.82, 2.24) is 15.1 Å². The number of hydrogen-bond acceptors (Lipinski definition) is 6. The van der Waals surface area contributed by atoms with Crippen LogP contribution < -0.4 is 10.1 Å². The lowest BCUT2D eigenvalue weighted by Crippen LogP contribution is -2.41. The molecule has 7 heteroatoms. The van der Waals surface area contributed by atoms with Crippen LogP contribution in [0.25, 0.3) is 0 Å². The smallest absolute Gasteiger partial charge is 0.227 e. The molecule has 0 aromatic heterocycles. The molecule has 3 aliphatic heterocycles. The number of rotatable bonds is 6. The fourth-order valence-corrected chi connectivity index (χ4v) is 3.98. The minimum Gasteiger partial charge on any atom is -0.492 e. The zero-order valence-electron chi connectivity index (χ0n) is 15.8. The molecule has 1 amide bonds. The highest BCUT2D eigenvalue weighted by molar-refractivity contribution is 5.79. The fraction of sp³-hybridized carbons (Fsp3) is 0.650. The number of carbonyl (C=O) groups excluding carboxylic acids is 1. The van der Waals surface area contributed by atoms with Crippen molar-refractivity contribution in [3.05, 3.63) is 29.8 Å². The molecule has 0 saturated carbocycles. The van der Waals surface area contributed by atoms with E-state index in [1.807, 2.05) is 12.1 Å². The molecule has 2 bridgehead atoms. The van der Waals surface area contributed by atoms with Crippen LogP contribution in [-0.4, -0.2) is 87.5 Å². The summed E-state index contributed by atoms with van der Waals surface area (Å²) >= 11 is 0. The molecule has 0 radical (unpaired) electrons. The van der Waals surface area contributed by atoms with E-state index in [0.29, 0.717) is 19.8 Å². The summed E-state index contributed by atoms with van der Waals surface area (Å²) in [6, 6.07) is 8.30. The summed E-state index contributed by atoms with van der Waals surface area (Å²) in [5, 5.41) is 3.09. The number of nitrogens with one attached hydrogen (secondary N) is 1. The topological polar surface area (TPSA) is 63.3 Å². The number of fused-ring (bicyclic) bond motifs is 3. The van der Waals surface area contributed by atoms with Crippen LogP contribution in [0.15, 0.2) is 24.3 Å². The molecule has 148 valence electrons. The van der Waals surface area contributed by atoms with Crippen LogP contribution in [0, 0.1) is 5.92 Å². The summed E-state index contributed by atoms with van der Waals surface area (Å²) in [6.45, 7) is 8.60. The second-order valence-corrected chi connectivity index (χ2v) is 7.54. The molecule has 0 unspecified atom stereocenters. The van der Waals surface area contributed by atoms with Gasteiger partial charge in [-0.1, -0.05) is 18.2 Å². The third kappa shape index (κ3) is 4.99. The van der Waals surface area contributed by atoms with Gasteiger partial charge in [-0.05, 0) is 6.07 Å². The Balaban J connectivity index is 1.35. The van der Waals surface area contributed by atoms with E-state index in [1.54, 1.807) is 0 Å². The van der Waals surface area contributed by atoms with Gasteiger partial charge in [0.1, 0.15) is 12.4 Å². The van der Waals surface area contributed by atoms with Gasteiger partial charge in [-0.25, -0.2) is 0 Å². The zero-order chi connectivity index (χ0) is 18.5. The molecular weight excluding hydrogens is 346 g/mol. The van der Waals surface area contributed by atoms with Gasteiger partial charge in [-0.2, -0.15) is 0 Å². The van der Waals surface area contributed by atoms with Crippen molar-refractivity contribution in [2.75, 3.05) is 65.8 Å². The second kappa shape index (κ2) is 9.01. The van der Waals surface area contributed by atoms with Crippen molar-refractivity contribution in [3.8, 4) is 5.75 Å². The van der Waals surface area contributed by atoms with Crippen molar-refractivity contribution in [3.63, 3.8) is 0 Å². The Labute approximate surface area is 160 Å². The monoisotopic (exact) mass is 375 g/mol. The average molecular weight is 375 g/mol. The first-order chi connectivity index (χ1) is 13.3. The van der Waals surface area contributed by atoms with E-state index in [1.165, 1.54) is 5.56 Å². The molecule has 7 nitrogen and oxygen atoms in total. The minimum absolute atomic E-state index is 0.0689. The third-order valence-electron chi connectivity index (χ3n) is 5.45. The predicted octanol–water partition coefficient (Wildman–Crippen LogP) is 0.344. The molecule has 1 aromatic carbocycles. The first kappa shape index (κ1) is 18.7. The van der Waals surface area contributed by atoms with Crippen LogP contribution in [0.4, 0.5) is 0 Å². The number of amides is 1. The molecule has 2 atom stereocenters. The summed E-state index contributed by atoms with van der Waals surface area (Å²) in [5.74, 6) is 0.970. The first-order valence-electron chi connectivity index (χ1n) is 9.89. The lowest BCUT2D eigenvalue weighted by molar-refractivity contribution is -0.125. The lowest BCUT2D eigenvalue weighted by Gasteiger charge is -2.28. The summed E-state index contributed by atoms with van der Waals surface area (Å²) in [5.41, 5.74) is 1.17. The van der Waals surface area contributed by atoms with Crippen LogP contribution in [0.5, 0.6) is 5.75 Å². The van der Waals surface area contributed by atoms with E-state index in [-0.39, 0.29) is 17.9 Å². The molecule has 4 rings (SSSR count). The van der Waals surface area contributed by atoms with Gasteiger partial charge < -0.3 is 19.5 Å². The van der Waals surface area contributed by atoms with Crippen molar-refractivity contribution >= 4 is 5.91 Å². The van der Waals surface area contributed by atoms with Crippen molar-refractivity contribution < 1.29 is 19.0 Å². The van der Waals surface area contributed by atoms with Crippen LogP contribution in [0.1, 0.15) is 5.56 Å². The molecule has 0 spiro atoms. The van der Waals surface area contributed by atoms with Gasteiger partial charge in [-0.15, -0.1) is 0 Å². The number of carbonyl (C=O) groups is 1. The Morgan fingerprint density at radius 1 is 1.07 bits per heavy atom. The zero-order valence-corrected chi connectivity index (χ0v) is 15.8. The fourth-order valence-electron chi connectivity index (χ4n) is 3.98. The summed E-state index contributed by atoms with van der Waals surface area (Å²) in [7, 11) is 0. The summed E-state index contributed by atoms with van der Waals surface area (Å²) < 4.78 is 17.1. The van der Waals surface area contributed by atoms with E-state index in [0.717, 1.165) is 58.2 Å². The number of benzene rings is 1. The van der Waals surface area contributed by atoms with Crippen molar-refractivity contribution in [2.24, 2.45) is 5.92 Å². The summed E-state index contributed by atoms with van der Waals surface area (Å²) in [6.07, 6.45) is 0. The number of para-hydroxylation sites is 1. The SMILES string of the molecule is O=C1N[C@@H]2COC[C@H]1CN(Cc1ccccc1OCCN1CCOCC1)C2. The van der Waals surface area contributed by atoms with Gasteiger partial charge in [0.15, 0.2) is 0 Å². The number of morpholine rings is 1. The number of nitrogens with zero attached hydrogens (tertiary/aromatic N) is 2. The van der Waals surface area contributed by atoms with E-state index >= 15 is 0 Å². The van der Waals surface area contributed by atoms with Crippen molar-refractivity contribution in [2.45, 2.75) is 12.6 Å². The van der Waals surface area contributed by atoms with Gasteiger partial charge in [0, 0.05) is 44.8 Å². The molecule has 3 aliphatic rings. The van der Waals surface area contributed by atoms with E-state index < -0.39 is 0 Å². The Kier molecular flexibility index (Phi) is 6.24. The Morgan fingerprint density at radius 2 is 1.93 bits per heavy atom. The maximum absolute atomic E-state index is 12.2. The minimum atomic E-state index is -0.0908. The largest absolute Gasteiger partial charge is 0.492 e. The highest BCUT2D eigenvalue weighted by atomic mass is 16.5. The first-order valence-corrected chi connectivity index (χ1v) is 9.89. The lowest BCUT2D eigenvalue weighted by atomic mass is 10.1. The Bertz CT molecular complexity index is 635. The van der Waals surface area contributed by atoms with Gasteiger partial charge >= 0.3 is 0 Å². The van der Waals surface area contributed by atoms with Crippen LogP contribution in [0.2, 0.25) is 0 Å². The molecule has 0 aliphatic carbocycles. The van der Waals surface area contributed by atoms with Gasteiger partial charge in [0.05, 0.1) is 38.4 Å². The molecule has 3 fully saturated rings. The standard InChI is InChI=1S/C20H29N3O4/c24-20-17-12-23(13-18(21-20)15-26-14-17)11-16-3-1-2-4-19(16)27-10-7-22-5-8-25-9-6-22/h1-4,17-18H,5-15H2,(H,21,24)/t17-,18+/m1/s1. The molecule has 3 saturated heterocycles. The third-order valence-corrected chi connectivity index (χ3v) is 5.45. The highest BCUT2D eigenvalue weighted by Gasteiger charge is 2.33. The maximum atomic E-state index is 12.2. The molecule has 1 N–H and O–H groups in total.